The molecule has 0 spiro atoms. The Labute approximate surface area is 129 Å². The third kappa shape index (κ3) is 4.80. The van der Waals surface area contributed by atoms with Crippen LogP contribution in [0.1, 0.15) is 24.0 Å². The Balaban J connectivity index is 1.84. The van der Waals surface area contributed by atoms with Crippen molar-refractivity contribution in [2.24, 2.45) is 0 Å². The standard InChI is InChI=1S/C15H14F3NO4/c16-15(17,18)10-3-1-9(2-4-10)7-11(20)8-13(21)19-12-5-6-23-14(12)22/h1-4,12H,5-8H2,(H,19,21)/t12-/m0/s1. The van der Waals surface area contributed by atoms with Gasteiger partial charge in [0.05, 0.1) is 18.6 Å². The lowest BCUT2D eigenvalue weighted by Crippen LogP contribution is -2.38. The molecule has 1 aromatic carbocycles. The van der Waals surface area contributed by atoms with Gasteiger partial charge in [-0.05, 0) is 17.7 Å². The highest BCUT2D eigenvalue weighted by Gasteiger charge is 2.30. The maximum Gasteiger partial charge on any atom is 0.416 e. The monoisotopic (exact) mass is 329 g/mol. The molecule has 0 radical (unpaired) electrons. The summed E-state index contributed by atoms with van der Waals surface area (Å²) < 4.78 is 41.9. The smallest absolute Gasteiger partial charge is 0.416 e. The van der Waals surface area contributed by atoms with Crippen LogP contribution in [0.5, 0.6) is 0 Å². The molecule has 23 heavy (non-hydrogen) atoms. The molecule has 1 N–H and O–H groups in total. The fraction of sp³-hybridized carbons (Fsp3) is 0.400. The lowest BCUT2D eigenvalue weighted by molar-refractivity contribution is -0.142. The minimum Gasteiger partial charge on any atom is -0.464 e. The Kier molecular flexibility index (Phi) is 5.02. The van der Waals surface area contributed by atoms with Gasteiger partial charge < -0.3 is 10.1 Å². The zero-order valence-corrected chi connectivity index (χ0v) is 12.0. The van der Waals surface area contributed by atoms with Gasteiger partial charge in [-0.1, -0.05) is 12.1 Å². The van der Waals surface area contributed by atoms with Crippen molar-refractivity contribution in [3.63, 3.8) is 0 Å². The van der Waals surface area contributed by atoms with E-state index in [9.17, 15) is 27.6 Å². The number of nitrogens with one attached hydrogen (secondary N) is 1. The van der Waals surface area contributed by atoms with Crippen LogP contribution in [-0.4, -0.2) is 30.3 Å². The van der Waals surface area contributed by atoms with Crippen LogP contribution >= 0.6 is 0 Å². The van der Waals surface area contributed by atoms with Crippen molar-refractivity contribution in [1.29, 1.82) is 0 Å². The average molecular weight is 329 g/mol. The molecule has 1 fully saturated rings. The van der Waals surface area contributed by atoms with Crippen molar-refractivity contribution in [2.75, 3.05) is 6.61 Å². The van der Waals surface area contributed by atoms with E-state index in [1.165, 1.54) is 12.1 Å². The first-order chi connectivity index (χ1) is 10.8. The lowest BCUT2D eigenvalue weighted by Gasteiger charge is -2.09. The van der Waals surface area contributed by atoms with E-state index in [-0.39, 0.29) is 13.0 Å². The average Bonchev–Trinajstić information content (AvgIpc) is 2.83. The molecule has 1 aliphatic rings. The summed E-state index contributed by atoms with van der Waals surface area (Å²) >= 11 is 0. The molecular weight excluding hydrogens is 315 g/mol. The van der Waals surface area contributed by atoms with E-state index >= 15 is 0 Å². The van der Waals surface area contributed by atoms with Crippen LogP contribution in [0, 0.1) is 0 Å². The quantitative estimate of drug-likeness (QED) is 0.658. The summed E-state index contributed by atoms with van der Waals surface area (Å²) in [6, 6.07) is 3.44. The first kappa shape index (κ1) is 17.0. The number of hydrogen-bond donors (Lipinski definition) is 1. The Bertz CT molecular complexity index is 610. The second kappa shape index (κ2) is 6.80. The molecule has 0 saturated carbocycles. The van der Waals surface area contributed by atoms with Crippen molar-refractivity contribution in [3.05, 3.63) is 35.4 Å². The molecule has 5 nitrogen and oxygen atoms in total. The normalized spacial score (nSPS) is 17.7. The molecule has 1 saturated heterocycles. The highest BCUT2D eigenvalue weighted by Crippen LogP contribution is 2.29. The number of carbonyl (C=O) groups excluding carboxylic acids is 3. The lowest BCUT2D eigenvalue weighted by atomic mass is 10.0. The molecule has 0 bridgehead atoms. The van der Waals surface area contributed by atoms with E-state index in [2.05, 4.69) is 10.1 Å². The van der Waals surface area contributed by atoms with Crippen molar-refractivity contribution < 1.29 is 32.3 Å². The third-order valence-electron chi connectivity index (χ3n) is 3.31. The number of alkyl halides is 3. The van der Waals surface area contributed by atoms with Crippen molar-refractivity contribution in [1.82, 2.24) is 5.32 Å². The number of ether oxygens (including phenoxy) is 1. The van der Waals surface area contributed by atoms with Crippen molar-refractivity contribution >= 4 is 17.7 Å². The Hall–Kier alpha value is -2.38. The van der Waals surface area contributed by atoms with Gasteiger partial charge in [-0.3, -0.25) is 9.59 Å². The maximum atomic E-state index is 12.4. The molecule has 1 heterocycles. The fourth-order valence-corrected chi connectivity index (χ4v) is 2.15. The number of amides is 1. The van der Waals surface area contributed by atoms with Gasteiger partial charge in [0.1, 0.15) is 11.8 Å². The molecule has 0 aromatic heterocycles. The van der Waals surface area contributed by atoms with E-state index in [0.717, 1.165) is 12.1 Å². The molecular formula is C15H14F3NO4. The molecule has 0 aliphatic carbocycles. The molecule has 124 valence electrons. The molecule has 2 rings (SSSR count). The number of halogens is 3. The van der Waals surface area contributed by atoms with Crippen LogP contribution < -0.4 is 5.32 Å². The highest BCUT2D eigenvalue weighted by molar-refractivity contribution is 6.00. The first-order valence-electron chi connectivity index (χ1n) is 6.89. The van der Waals surface area contributed by atoms with Crippen molar-refractivity contribution in [2.45, 2.75) is 31.5 Å². The summed E-state index contributed by atoms with van der Waals surface area (Å²) in [6.07, 6.45) is -4.67. The van der Waals surface area contributed by atoms with Crippen LogP contribution in [0.25, 0.3) is 0 Å². The van der Waals surface area contributed by atoms with Gasteiger partial charge in [0.15, 0.2) is 0 Å². The van der Waals surface area contributed by atoms with Crippen LogP contribution in [0.4, 0.5) is 13.2 Å². The van der Waals surface area contributed by atoms with Gasteiger partial charge >= 0.3 is 12.1 Å². The van der Waals surface area contributed by atoms with E-state index in [4.69, 9.17) is 0 Å². The van der Waals surface area contributed by atoms with Crippen LogP contribution in [0.2, 0.25) is 0 Å². The van der Waals surface area contributed by atoms with Gasteiger partial charge in [0.2, 0.25) is 5.91 Å². The van der Waals surface area contributed by atoms with Gasteiger partial charge in [-0.15, -0.1) is 0 Å². The number of carbonyl (C=O) groups is 3. The largest absolute Gasteiger partial charge is 0.464 e. The number of benzene rings is 1. The van der Waals surface area contributed by atoms with E-state index < -0.39 is 41.9 Å². The van der Waals surface area contributed by atoms with Crippen LogP contribution in [-0.2, 0) is 31.7 Å². The molecule has 1 aromatic rings. The molecule has 1 amide bonds. The van der Waals surface area contributed by atoms with Crippen LogP contribution in [0.3, 0.4) is 0 Å². The number of hydrogen-bond acceptors (Lipinski definition) is 4. The molecule has 0 unspecified atom stereocenters. The second-order valence-electron chi connectivity index (χ2n) is 5.16. The summed E-state index contributed by atoms with van der Waals surface area (Å²) in [5, 5.41) is 2.39. The predicted molar refractivity (Wildman–Crippen MR) is 72.3 cm³/mol. The zero-order chi connectivity index (χ0) is 17.0. The predicted octanol–water partition coefficient (Wildman–Crippen LogP) is 1.64. The van der Waals surface area contributed by atoms with Crippen molar-refractivity contribution in [3.8, 4) is 0 Å². The van der Waals surface area contributed by atoms with Gasteiger partial charge in [0.25, 0.3) is 0 Å². The summed E-state index contributed by atoms with van der Waals surface area (Å²) in [6.45, 7) is 0.225. The second-order valence-corrected chi connectivity index (χ2v) is 5.16. The summed E-state index contributed by atoms with van der Waals surface area (Å²) in [5.41, 5.74) is -0.415. The minimum absolute atomic E-state index is 0.152. The Morgan fingerprint density at radius 2 is 1.87 bits per heavy atom. The number of ketones is 1. The minimum atomic E-state index is -4.43. The summed E-state index contributed by atoms with van der Waals surface area (Å²) in [5.74, 6) is -1.59. The number of cyclic esters (lactones) is 1. The third-order valence-corrected chi connectivity index (χ3v) is 3.31. The highest BCUT2D eigenvalue weighted by atomic mass is 19.4. The Morgan fingerprint density at radius 1 is 1.22 bits per heavy atom. The number of Topliss-reactive ketones (excluding diaryl/α,β-unsaturated/α-hetero) is 1. The van der Waals surface area contributed by atoms with Crippen LogP contribution in [0.15, 0.2) is 24.3 Å². The molecule has 8 heteroatoms. The Morgan fingerprint density at radius 3 is 2.39 bits per heavy atom. The number of esters is 1. The number of rotatable bonds is 5. The molecule has 1 atom stereocenters. The fourth-order valence-electron chi connectivity index (χ4n) is 2.15. The van der Waals surface area contributed by atoms with E-state index in [1.807, 2.05) is 0 Å². The summed E-state index contributed by atoms with van der Waals surface area (Å²) in [7, 11) is 0. The zero-order valence-electron chi connectivity index (χ0n) is 12.0. The van der Waals surface area contributed by atoms with Gasteiger partial charge in [-0.25, -0.2) is 4.79 Å². The maximum absolute atomic E-state index is 12.4. The SMILES string of the molecule is O=C(CC(=O)N[C@H]1CCOC1=O)Cc1ccc(C(F)(F)F)cc1. The first-order valence-corrected chi connectivity index (χ1v) is 6.89. The van der Waals surface area contributed by atoms with Gasteiger partial charge in [0, 0.05) is 12.8 Å². The molecule has 1 aliphatic heterocycles. The topological polar surface area (TPSA) is 72.5 Å². The van der Waals surface area contributed by atoms with E-state index in [1.54, 1.807) is 0 Å². The summed E-state index contributed by atoms with van der Waals surface area (Å²) in [4.78, 5) is 34.6. The van der Waals surface area contributed by atoms with Gasteiger partial charge in [-0.2, -0.15) is 13.2 Å². The van der Waals surface area contributed by atoms with E-state index in [0.29, 0.717) is 12.0 Å².